The number of hydrogen-bond acceptors (Lipinski definition) is 3. The van der Waals surface area contributed by atoms with Crippen LogP contribution in [0.15, 0.2) is 24.3 Å². The van der Waals surface area contributed by atoms with Crippen molar-refractivity contribution in [3.05, 3.63) is 29.8 Å². The minimum Gasteiger partial charge on any atom is -0.490 e. The van der Waals surface area contributed by atoms with Crippen LogP contribution in [-0.2, 0) is 0 Å². The lowest BCUT2D eigenvalue weighted by atomic mass is 9.92. The summed E-state index contributed by atoms with van der Waals surface area (Å²) >= 11 is 0. The molecule has 0 spiro atoms. The van der Waals surface area contributed by atoms with Crippen LogP contribution in [0, 0.1) is 5.92 Å². The van der Waals surface area contributed by atoms with Crippen LogP contribution >= 0.6 is 0 Å². The van der Waals surface area contributed by atoms with Crippen molar-refractivity contribution in [2.45, 2.75) is 31.9 Å². The number of benzene rings is 1. The first kappa shape index (κ1) is 12.0. The van der Waals surface area contributed by atoms with Crippen molar-refractivity contribution in [1.29, 1.82) is 0 Å². The highest BCUT2D eigenvalue weighted by atomic mass is 16.5. The topological polar surface area (TPSA) is 32.7 Å². The Labute approximate surface area is 108 Å². The average Bonchev–Trinajstić information content (AvgIpc) is 2.40. The Morgan fingerprint density at radius 2 is 1.94 bits per heavy atom. The lowest BCUT2D eigenvalue weighted by Gasteiger charge is -2.41. The van der Waals surface area contributed by atoms with E-state index in [4.69, 9.17) is 4.74 Å². The number of hydrogen-bond donors (Lipinski definition) is 1. The summed E-state index contributed by atoms with van der Waals surface area (Å²) in [7, 11) is 0. The summed E-state index contributed by atoms with van der Waals surface area (Å²) in [6.45, 7) is 4.88. The van der Waals surface area contributed by atoms with Gasteiger partial charge in [0.2, 0.25) is 0 Å². The van der Waals surface area contributed by atoms with Crippen molar-refractivity contribution in [1.82, 2.24) is 4.90 Å². The molecule has 0 bridgehead atoms. The van der Waals surface area contributed by atoms with Crippen LogP contribution in [0.1, 0.15) is 31.4 Å². The molecule has 2 unspecified atom stereocenters. The van der Waals surface area contributed by atoms with Crippen LogP contribution in [0.2, 0.25) is 0 Å². The Balaban J connectivity index is 1.86. The van der Waals surface area contributed by atoms with Crippen molar-refractivity contribution in [3.8, 4) is 5.75 Å². The fraction of sp³-hybridized carbons (Fsp3) is 0.600. The molecule has 0 amide bonds. The van der Waals surface area contributed by atoms with E-state index in [1.54, 1.807) is 0 Å². The number of aliphatic hydroxyl groups is 1. The van der Waals surface area contributed by atoms with Gasteiger partial charge in [0.15, 0.2) is 0 Å². The predicted octanol–water partition coefficient (Wildman–Crippen LogP) is 2.21. The maximum Gasteiger partial charge on any atom is 0.124 e. The first-order chi connectivity index (χ1) is 8.75. The highest BCUT2D eigenvalue weighted by Crippen LogP contribution is 2.37. The minimum absolute atomic E-state index is 0.113. The van der Waals surface area contributed by atoms with Crippen molar-refractivity contribution < 1.29 is 9.84 Å². The van der Waals surface area contributed by atoms with E-state index in [0.717, 1.165) is 30.3 Å². The van der Waals surface area contributed by atoms with Gasteiger partial charge < -0.3 is 9.84 Å². The molecule has 2 atom stereocenters. The molecule has 18 heavy (non-hydrogen) atoms. The molecule has 1 saturated heterocycles. The molecule has 3 rings (SSSR count). The maximum absolute atomic E-state index is 10.3. The Bertz CT molecular complexity index is 413. The molecular formula is C15H21NO2. The van der Waals surface area contributed by atoms with Gasteiger partial charge in [-0.2, -0.15) is 0 Å². The van der Waals surface area contributed by atoms with Crippen LogP contribution in [0.4, 0.5) is 0 Å². The van der Waals surface area contributed by atoms with Gasteiger partial charge in [0.25, 0.3) is 0 Å². The quantitative estimate of drug-likeness (QED) is 0.826. The van der Waals surface area contributed by atoms with Gasteiger partial charge in [-0.25, -0.2) is 0 Å². The van der Waals surface area contributed by atoms with E-state index in [2.05, 4.69) is 17.9 Å². The first-order valence-corrected chi connectivity index (χ1v) is 6.89. The molecule has 0 radical (unpaired) electrons. The van der Waals surface area contributed by atoms with Crippen LogP contribution in [-0.4, -0.2) is 35.8 Å². The molecule has 1 fully saturated rings. The van der Waals surface area contributed by atoms with Gasteiger partial charge in [0.05, 0.1) is 6.04 Å². The number of aliphatic hydroxyl groups excluding tert-OH is 1. The Morgan fingerprint density at radius 3 is 2.72 bits per heavy atom. The van der Waals surface area contributed by atoms with Crippen LogP contribution in [0.5, 0.6) is 5.75 Å². The van der Waals surface area contributed by atoms with E-state index in [1.165, 1.54) is 12.8 Å². The Morgan fingerprint density at radius 1 is 1.22 bits per heavy atom. The predicted molar refractivity (Wildman–Crippen MR) is 70.7 cm³/mol. The average molecular weight is 247 g/mol. The lowest BCUT2D eigenvalue weighted by Crippen LogP contribution is -2.45. The Kier molecular flexibility index (Phi) is 3.27. The zero-order chi connectivity index (χ0) is 12.5. The standard InChI is InChI=1S/C15H21NO2/c1-11-6-8-16(9-7-11)15-12-4-2-3-5-14(12)18-10-13(15)17/h2-5,11,13,15,17H,6-10H2,1H3. The van der Waals surface area contributed by atoms with E-state index in [-0.39, 0.29) is 6.04 Å². The monoisotopic (exact) mass is 247 g/mol. The fourth-order valence-corrected chi connectivity index (χ4v) is 3.08. The van der Waals surface area contributed by atoms with Gasteiger partial charge in [-0.05, 0) is 37.9 Å². The summed E-state index contributed by atoms with van der Waals surface area (Å²) in [4.78, 5) is 2.42. The molecule has 98 valence electrons. The van der Waals surface area contributed by atoms with E-state index < -0.39 is 6.10 Å². The van der Waals surface area contributed by atoms with Gasteiger partial charge in [0, 0.05) is 5.56 Å². The van der Waals surface area contributed by atoms with Gasteiger partial charge in [0.1, 0.15) is 18.5 Å². The van der Waals surface area contributed by atoms with Gasteiger partial charge in [-0.15, -0.1) is 0 Å². The molecule has 0 saturated carbocycles. The van der Waals surface area contributed by atoms with Gasteiger partial charge in [-0.1, -0.05) is 25.1 Å². The largest absolute Gasteiger partial charge is 0.490 e. The van der Waals surface area contributed by atoms with Gasteiger partial charge >= 0.3 is 0 Å². The molecule has 2 aliphatic heterocycles. The maximum atomic E-state index is 10.3. The van der Waals surface area contributed by atoms with E-state index in [1.807, 2.05) is 18.2 Å². The third-order valence-electron chi connectivity index (χ3n) is 4.22. The molecule has 0 aromatic heterocycles. The highest BCUT2D eigenvalue weighted by Gasteiger charge is 2.35. The summed E-state index contributed by atoms with van der Waals surface area (Å²) < 4.78 is 5.60. The zero-order valence-corrected chi connectivity index (χ0v) is 10.9. The van der Waals surface area contributed by atoms with Crippen LogP contribution in [0.25, 0.3) is 0 Å². The number of para-hydroxylation sites is 1. The summed E-state index contributed by atoms with van der Waals surface area (Å²) in [5.74, 6) is 1.75. The fourth-order valence-electron chi connectivity index (χ4n) is 3.08. The van der Waals surface area contributed by atoms with Gasteiger partial charge in [-0.3, -0.25) is 4.90 Å². The second-order valence-electron chi connectivity index (χ2n) is 5.58. The smallest absolute Gasteiger partial charge is 0.124 e. The summed E-state index contributed by atoms with van der Waals surface area (Å²) in [6.07, 6.45) is 2.05. The molecule has 3 nitrogen and oxygen atoms in total. The van der Waals surface area contributed by atoms with E-state index >= 15 is 0 Å². The van der Waals surface area contributed by atoms with Crippen LogP contribution in [0.3, 0.4) is 0 Å². The molecule has 2 heterocycles. The number of fused-ring (bicyclic) bond motifs is 1. The third kappa shape index (κ3) is 2.13. The minimum atomic E-state index is -0.409. The second kappa shape index (κ2) is 4.90. The lowest BCUT2D eigenvalue weighted by molar-refractivity contribution is -0.0114. The normalized spacial score (nSPS) is 29.7. The number of rotatable bonds is 1. The molecule has 2 aliphatic rings. The molecule has 1 N–H and O–H groups in total. The van der Waals surface area contributed by atoms with Crippen molar-refractivity contribution in [3.63, 3.8) is 0 Å². The second-order valence-corrected chi connectivity index (χ2v) is 5.58. The van der Waals surface area contributed by atoms with Crippen molar-refractivity contribution >= 4 is 0 Å². The highest BCUT2D eigenvalue weighted by molar-refractivity contribution is 5.38. The van der Waals surface area contributed by atoms with E-state index in [0.29, 0.717) is 6.61 Å². The van der Waals surface area contributed by atoms with Crippen molar-refractivity contribution in [2.75, 3.05) is 19.7 Å². The molecule has 3 heteroatoms. The summed E-state index contributed by atoms with van der Waals surface area (Å²) in [6, 6.07) is 8.22. The first-order valence-electron chi connectivity index (χ1n) is 6.89. The molecule has 1 aromatic carbocycles. The Hall–Kier alpha value is -1.06. The zero-order valence-electron chi connectivity index (χ0n) is 10.9. The number of nitrogens with zero attached hydrogens (tertiary/aromatic N) is 1. The summed E-state index contributed by atoms with van der Waals surface area (Å²) in [5, 5.41) is 10.3. The number of ether oxygens (including phenoxy) is 1. The number of piperidine rings is 1. The number of likely N-dealkylation sites (tertiary alicyclic amines) is 1. The van der Waals surface area contributed by atoms with E-state index in [9.17, 15) is 5.11 Å². The van der Waals surface area contributed by atoms with Crippen molar-refractivity contribution in [2.24, 2.45) is 5.92 Å². The SMILES string of the molecule is CC1CCN(C2c3ccccc3OCC2O)CC1. The third-order valence-corrected chi connectivity index (χ3v) is 4.22. The van der Waals surface area contributed by atoms with Crippen LogP contribution < -0.4 is 4.74 Å². The molecule has 1 aromatic rings. The molecule has 0 aliphatic carbocycles. The summed E-state index contributed by atoms with van der Waals surface area (Å²) in [5.41, 5.74) is 1.14. The molecular weight excluding hydrogens is 226 g/mol.